The Morgan fingerprint density at radius 2 is 2.06 bits per heavy atom. The molecule has 1 saturated carbocycles. The number of anilines is 1. The van der Waals surface area contributed by atoms with Crippen molar-refractivity contribution in [2.75, 3.05) is 5.32 Å². The first kappa shape index (κ1) is 12.6. The van der Waals surface area contributed by atoms with Gasteiger partial charge in [-0.2, -0.15) is 5.26 Å². The largest absolute Gasteiger partial charge is 0.325 e. The lowest BCUT2D eigenvalue weighted by Gasteiger charge is -2.29. The molecule has 0 heterocycles. The molecular weight excluding hydrogens is 224 g/mol. The molecule has 0 atom stereocenters. The van der Waals surface area contributed by atoms with E-state index in [1.54, 1.807) is 0 Å². The van der Waals surface area contributed by atoms with Gasteiger partial charge in [0.15, 0.2) is 0 Å². The number of carbonyl (C=O) groups excluding carboxylic acids is 1. The fraction of sp³-hybridized carbons (Fsp3) is 0.467. The SMILES string of the molecule is Cc1cccc(NC(=O)C2(C#N)CCCCC2)c1. The average molecular weight is 242 g/mol. The molecule has 1 aromatic carbocycles. The highest BCUT2D eigenvalue weighted by molar-refractivity contribution is 5.97. The van der Waals surface area contributed by atoms with Crippen molar-refractivity contribution in [3.8, 4) is 6.07 Å². The Hall–Kier alpha value is -1.82. The number of hydrogen-bond acceptors (Lipinski definition) is 2. The van der Waals surface area contributed by atoms with Crippen molar-refractivity contribution >= 4 is 11.6 Å². The van der Waals surface area contributed by atoms with Gasteiger partial charge in [-0.3, -0.25) is 4.79 Å². The number of nitrogens with zero attached hydrogens (tertiary/aromatic N) is 1. The fourth-order valence-electron chi connectivity index (χ4n) is 2.52. The molecule has 0 spiro atoms. The van der Waals surface area contributed by atoms with Gasteiger partial charge < -0.3 is 5.32 Å². The number of carbonyl (C=O) groups is 1. The van der Waals surface area contributed by atoms with Gasteiger partial charge in [-0.05, 0) is 37.5 Å². The summed E-state index contributed by atoms with van der Waals surface area (Å²) in [6.07, 6.45) is 4.42. The summed E-state index contributed by atoms with van der Waals surface area (Å²) in [5, 5.41) is 12.2. The summed E-state index contributed by atoms with van der Waals surface area (Å²) < 4.78 is 0. The second-order valence-corrected chi connectivity index (χ2v) is 5.08. The molecule has 2 rings (SSSR count). The summed E-state index contributed by atoms with van der Waals surface area (Å²) in [6.45, 7) is 1.98. The molecule has 1 aliphatic carbocycles. The summed E-state index contributed by atoms with van der Waals surface area (Å²) >= 11 is 0. The molecule has 18 heavy (non-hydrogen) atoms. The fourth-order valence-corrected chi connectivity index (χ4v) is 2.52. The van der Waals surface area contributed by atoms with Gasteiger partial charge in [0.2, 0.25) is 5.91 Å². The van der Waals surface area contributed by atoms with E-state index in [-0.39, 0.29) is 5.91 Å². The zero-order valence-electron chi connectivity index (χ0n) is 10.7. The monoisotopic (exact) mass is 242 g/mol. The zero-order valence-corrected chi connectivity index (χ0v) is 10.7. The van der Waals surface area contributed by atoms with Gasteiger partial charge in [0, 0.05) is 5.69 Å². The topological polar surface area (TPSA) is 52.9 Å². The maximum Gasteiger partial charge on any atom is 0.244 e. The highest BCUT2D eigenvalue weighted by atomic mass is 16.2. The first-order valence-electron chi connectivity index (χ1n) is 6.46. The number of rotatable bonds is 2. The molecule has 0 aliphatic heterocycles. The average Bonchev–Trinajstić information content (AvgIpc) is 2.39. The minimum absolute atomic E-state index is 0.143. The minimum atomic E-state index is -0.817. The van der Waals surface area contributed by atoms with Gasteiger partial charge in [-0.25, -0.2) is 0 Å². The number of nitriles is 1. The molecule has 1 amide bonds. The van der Waals surface area contributed by atoms with Crippen LogP contribution in [0.1, 0.15) is 37.7 Å². The first-order chi connectivity index (χ1) is 8.66. The molecule has 0 bridgehead atoms. The second-order valence-electron chi connectivity index (χ2n) is 5.08. The Morgan fingerprint density at radius 1 is 1.33 bits per heavy atom. The van der Waals surface area contributed by atoms with E-state index in [9.17, 15) is 10.1 Å². The van der Waals surface area contributed by atoms with Gasteiger partial charge in [-0.1, -0.05) is 31.4 Å². The number of amides is 1. The molecular formula is C15H18N2O. The van der Waals surface area contributed by atoms with Crippen LogP contribution in [0.15, 0.2) is 24.3 Å². The van der Waals surface area contributed by atoms with E-state index < -0.39 is 5.41 Å². The molecule has 1 aliphatic rings. The Bertz CT molecular complexity index is 482. The van der Waals surface area contributed by atoms with Crippen LogP contribution >= 0.6 is 0 Å². The third-order valence-corrected chi connectivity index (χ3v) is 3.63. The van der Waals surface area contributed by atoms with Crippen LogP contribution < -0.4 is 5.32 Å². The van der Waals surface area contributed by atoms with Crippen LogP contribution in [0.5, 0.6) is 0 Å². The van der Waals surface area contributed by atoms with E-state index in [0.717, 1.165) is 30.5 Å². The number of hydrogen-bond donors (Lipinski definition) is 1. The normalized spacial score (nSPS) is 17.8. The van der Waals surface area contributed by atoms with Gasteiger partial charge in [0.25, 0.3) is 0 Å². The van der Waals surface area contributed by atoms with Crippen LogP contribution in [0.25, 0.3) is 0 Å². The molecule has 0 unspecified atom stereocenters. The molecule has 0 radical (unpaired) electrons. The summed E-state index contributed by atoms with van der Waals surface area (Å²) in [4.78, 5) is 12.3. The molecule has 1 fully saturated rings. The third kappa shape index (κ3) is 2.53. The zero-order chi connectivity index (χ0) is 13.0. The smallest absolute Gasteiger partial charge is 0.244 e. The molecule has 1 N–H and O–H groups in total. The summed E-state index contributed by atoms with van der Waals surface area (Å²) in [6, 6.07) is 9.91. The van der Waals surface area contributed by atoms with E-state index in [1.807, 2.05) is 31.2 Å². The van der Waals surface area contributed by atoms with Gasteiger partial charge in [-0.15, -0.1) is 0 Å². The second kappa shape index (κ2) is 5.22. The Morgan fingerprint density at radius 3 is 2.67 bits per heavy atom. The van der Waals surface area contributed by atoms with Gasteiger partial charge in [0.05, 0.1) is 6.07 Å². The standard InChI is InChI=1S/C15H18N2O/c1-12-6-5-7-13(10-12)17-14(18)15(11-16)8-3-2-4-9-15/h5-7,10H,2-4,8-9H2,1H3,(H,17,18). The van der Waals surface area contributed by atoms with Gasteiger partial charge >= 0.3 is 0 Å². The Kier molecular flexibility index (Phi) is 3.66. The minimum Gasteiger partial charge on any atom is -0.325 e. The maximum atomic E-state index is 12.3. The third-order valence-electron chi connectivity index (χ3n) is 3.63. The van der Waals surface area contributed by atoms with Gasteiger partial charge in [0.1, 0.15) is 5.41 Å². The van der Waals surface area contributed by atoms with Crippen LogP contribution in [0.2, 0.25) is 0 Å². The van der Waals surface area contributed by atoms with E-state index in [1.165, 1.54) is 0 Å². The first-order valence-corrected chi connectivity index (χ1v) is 6.46. The molecule has 1 aromatic rings. The summed E-state index contributed by atoms with van der Waals surface area (Å²) in [5.74, 6) is -0.143. The van der Waals surface area contributed by atoms with E-state index in [2.05, 4.69) is 11.4 Å². The maximum absolute atomic E-state index is 12.3. The lowest BCUT2D eigenvalue weighted by molar-refractivity contribution is -0.124. The number of aryl methyl sites for hydroxylation is 1. The highest BCUT2D eigenvalue weighted by Gasteiger charge is 2.39. The van der Waals surface area contributed by atoms with Crippen molar-refractivity contribution in [1.29, 1.82) is 5.26 Å². The van der Waals surface area contributed by atoms with Crippen molar-refractivity contribution in [1.82, 2.24) is 0 Å². The summed E-state index contributed by atoms with van der Waals surface area (Å²) in [7, 11) is 0. The highest BCUT2D eigenvalue weighted by Crippen LogP contribution is 2.36. The predicted octanol–water partition coefficient (Wildman–Crippen LogP) is 3.41. The molecule has 0 saturated heterocycles. The number of benzene rings is 1. The lowest BCUT2D eigenvalue weighted by Crippen LogP contribution is -2.36. The van der Waals surface area contributed by atoms with Crippen LogP contribution in [0, 0.1) is 23.7 Å². The van der Waals surface area contributed by atoms with Crippen molar-refractivity contribution < 1.29 is 4.79 Å². The Labute approximate surface area is 108 Å². The van der Waals surface area contributed by atoms with Crippen LogP contribution in [0.3, 0.4) is 0 Å². The van der Waals surface area contributed by atoms with Crippen LogP contribution in [0.4, 0.5) is 5.69 Å². The van der Waals surface area contributed by atoms with E-state index in [0.29, 0.717) is 12.8 Å². The van der Waals surface area contributed by atoms with E-state index >= 15 is 0 Å². The van der Waals surface area contributed by atoms with Crippen molar-refractivity contribution in [2.24, 2.45) is 5.41 Å². The molecule has 0 aromatic heterocycles. The van der Waals surface area contributed by atoms with Crippen molar-refractivity contribution in [2.45, 2.75) is 39.0 Å². The van der Waals surface area contributed by atoms with Crippen molar-refractivity contribution in [3.63, 3.8) is 0 Å². The lowest BCUT2D eigenvalue weighted by atomic mass is 9.74. The molecule has 94 valence electrons. The van der Waals surface area contributed by atoms with Crippen molar-refractivity contribution in [3.05, 3.63) is 29.8 Å². The predicted molar refractivity (Wildman–Crippen MR) is 70.9 cm³/mol. The quantitative estimate of drug-likeness (QED) is 0.864. The number of nitrogens with one attached hydrogen (secondary N) is 1. The van der Waals surface area contributed by atoms with Crippen LogP contribution in [-0.2, 0) is 4.79 Å². The summed E-state index contributed by atoms with van der Waals surface area (Å²) in [5.41, 5.74) is 1.06. The van der Waals surface area contributed by atoms with Crippen LogP contribution in [-0.4, -0.2) is 5.91 Å². The molecule has 3 heteroatoms. The van der Waals surface area contributed by atoms with E-state index in [4.69, 9.17) is 0 Å². The molecule has 3 nitrogen and oxygen atoms in total. The Balaban J connectivity index is 2.13.